The number of para-hydroxylation sites is 1. The monoisotopic (exact) mass is 324 g/mol. The molecule has 0 aliphatic carbocycles. The van der Waals surface area contributed by atoms with E-state index in [9.17, 15) is 4.79 Å². The van der Waals surface area contributed by atoms with E-state index < -0.39 is 6.09 Å². The highest BCUT2D eigenvalue weighted by molar-refractivity contribution is 7.81. The van der Waals surface area contributed by atoms with Crippen LogP contribution in [0, 0.1) is 0 Å². The number of thiol groups is 1. The van der Waals surface area contributed by atoms with Crippen molar-refractivity contribution < 1.29 is 14.6 Å². The molecule has 1 atom stereocenters. The molecule has 0 bridgehead atoms. The van der Waals surface area contributed by atoms with Gasteiger partial charge in [0.2, 0.25) is 0 Å². The number of carbonyl (C=O) groups is 1. The van der Waals surface area contributed by atoms with Gasteiger partial charge in [0.1, 0.15) is 23.5 Å². The lowest BCUT2D eigenvalue weighted by molar-refractivity contribution is 0.0986. The minimum absolute atomic E-state index is 0.0937. The fourth-order valence-corrected chi connectivity index (χ4v) is 2.96. The van der Waals surface area contributed by atoms with Crippen LogP contribution in [0.25, 0.3) is 0 Å². The first-order valence-electron chi connectivity index (χ1n) is 7.30. The molecule has 0 spiro atoms. The number of benzene rings is 1. The quantitative estimate of drug-likeness (QED) is 0.628. The summed E-state index contributed by atoms with van der Waals surface area (Å²) in [5, 5.41) is 15.3. The zero-order chi connectivity index (χ0) is 15.5. The Kier molecular flexibility index (Phi) is 4.49. The van der Waals surface area contributed by atoms with E-state index in [4.69, 9.17) is 9.84 Å². The van der Waals surface area contributed by atoms with Crippen molar-refractivity contribution >= 4 is 30.1 Å². The second-order valence-electron chi connectivity index (χ2n) is 5.33. The summed E-state index contributed by atoms with van der Waals surface area (Å²) < 4.78 is 5.87. The molecule has 1 aromatic carbocycles. The van der Waals surface area contributed by atoms with Crippen molar-refractivity contribution in [3.8, 4) is 5.75 Å². The Balaban J connectivity index is 1.47. The molecule has 0 saturated carbocycles. The number of rotatable bonds is 4. The number of nitrogens with zero attached hydrogens (tertiary/aromatic N) is 2. The van der Waals surface area contributed by atoms with Gasteiger partial charge >= 0.3 is 6.09 Å². The molecule has 22 heavy (non-hydrogen) atoms. The van der Waals surface area contributed by atoms with Crippen LogP contribution < -0.4 is 15.4 Å². The maximum Gasteiger partial charge on any atom is 0.407 e. The molecular formula is C14H20N4O3S. The molecule has 3 rings (SSSR count). The lowest BCUT2D eigenvalue weighted by Gasteiger charge is -2.32. The van der Waals surface area contributed by atoms with Crippen molar-refractivity contribution in [2.75, 3.05) is 50.0 Å². The number of piperazine rings is 1. The van der Waals surface area contributed by atoms with Gasteiger partial charge in [-0.15, -0.1) is 12.6 Å². The molecule has 0 aromatic heterocycles. The summed E-state index contributed by atoms with van der Waals surface area (Å²) >= 11 is 4.34. The second-order valence-corrected chi connectivity index (χ2v) is 5.85. The van der Waals surface area contributed by atoms with Crippen LogP contribution >= 0.6 is 12.6 Å². The number of anilines is 2. The molecule has 2 heterocycles. The molecular weight excluding hydrogens is 304 g/mol. The molecule has 1 aromatic rings. The molecule has 1 unspecified atom stereocenters. The fourth-order valence-electron chi connectivity index (χ4n) is 2.69. The van der Waals surface area contributed by atoms with Gasteiger partial charge in [-0.1, -0.05) is 6.07 Å². The summed E-state index contributed by atoms with van der Waals surface area (Å²) in [6, 6.07) is 5.86. The van der Waals surface area contributed by atoms with Crippen molar-refractivity contribution in [2.45, 2.75) is 5.50 Å². The summed E-state index contributed by atoms with van der Waals surface area (Å²) in [4.78, 5) is 14.5. The van der Waals surface area contributed by atoms with E-state index in [2.05, 4.69) is 28.2 Å². The van der Waals surface area contributed by atoms with Gasteiger partial charge in [0.15, 0.2) is 0 Å². The van der Waals surface area contributed by atoms with Crippen LogP contribution in [0.5, 0.6) is 5.75 Å². The van der Waals surface area contributed by atoms with Gasteiger partial charge in [-0.05, 0) is 12.1 Å². The van der Waals surface area contributed by atoms with E-state index >= 15 is 0 Å². The maximum absolute atomic E-state index is 10.9. The van der Waals surface area contributed by atoms with Crippen molar-refractivity contribution in [1.82, 2.24) is 9.80 Å². The Labute approximate surface area is 134 Å². The molecule has 2 aliphatic heterocycles. The van der Waals surface area contributed by atoms with Gasteiger partial charge in [-0.3, -0.25) is 4.90 Å². The highest BCUT2D eigenvalue weighted by Gasteiger charge is 2.21. The lowest BCUT2D eigenvalue weighted by atomic mass is 10.2. The first kappa shape index (κ1) is 15.1. The zero-order valence-corrected chi connectivity index (χ0v) is 13.1. The van der Waals surface area contributed by atoms with E-state index in [0.717, 1.165) is 36.8 Å². The Bertz CT molecular complexity index is 549. The molecule has 0 radical (unpaired) electrons. The van der Waals surface area contributed by atoms with Crippen LogP contribution in [0.1, 0.15) is 0 Å². The van der Waals surface area contributed by atoms with Gasteiger partial charge in [0.05, 0.1) is 5.69 Å². The molecule has 2 aliphatic rings. The highest BCUT2D eigenvalue weighted by atomic mass is 32.1. The first-order chi connectivity index (χ1) is 10.6. The topological polar surface area (TPSA) is 77.1 Å². The molecule has 8 heteroatoms. The number of fused-ring (bicyclic) bond motifs is 1. The molecule has 120 valence electrons. The number of amides is 1. The maximum atomic E-state index is 10.9. The van der Waals surface area contributed by atoms with E-state index in [1.165, 1.54) is 4.90 Å². The Morgan fingerprint density at radius 1 is 1.32 bits per heavy atom. The average molecular weight is 324 g/mol. The molecule has 3 N–H and O–H groups in total. The largest absolute Gasteiger partial charge is 0.490 e. The molecule has 7 nitrogen and oxygen atoms in total. The predicted molar refractivity (Wildman–Crippen MR) is 88.0 cm³/mol. The fraction of sp³-hybridized carbons (Fsp3) is 0.500. The average Bonchev–Trinajstić information content (AvgIpc) is 2.89. The third-order valence-corrected chi connectivity index (χ3v) is 4.17. The van der Waals surface area contributed by atoms with Crippen LogP contribution in [0.15, 0.2) is 18.2 Å². The molecule has 1 saturated heterocycles. The van der Waals surface area contributed by atoms with Gasteiger partial charge in [0.25, 0.3) is 0 Å². The van der Waals surface area contributed by atoms with Crippen LogP contribution in [0.3, 0.4) is 0 Å². The van der Waals surface area contributed by atoms with Gasteiger partial charge in [0, 0.05) is 32.7 Å². The predicted octanol–water partition coefficient (Wildman–Crippen LogP) is 1.41. The van der Waals surface area contributed by atoms with Gasteiger partial charge in [-0.2, -0.15) is 0 Å². The molecule has 1 fully saturated rings. The minimum atomic E-state index is -0.837. The smallest absolute Gasteiger partial charge is 0.407 e. The summed E-state index contributed by atoms with van der Waals surface area (Å²) in [7, 11) is 0. The summed E-state index contributed by atoms with van der Waals surface area (Å²) in [6.07, 6.45) is -0.837. The van der Waals surface area contributed by atoms with Crippen LogP contribution in [-0.2, 0) is 0 Å². The van der Waals surface area contributed by atoms with E-state index in [-0.39, 0.29) is 5.50 Å². The number of carboxylic acid groups (broad SMARTS) is 1. The van der Waals surface area contributed by atoms with E-state index in [0.29, 0.717) is 19.7 Å². The SMILES string of the molecule is O=C(O)N1CCN(CCOc2cccc3c2NC(S)N3)CC1. The van der Waals surface area contributed by atoms with Crippen molar-refractivity contribution in [2.24, 2.45) is 0 Å². The van der Waals surface area contributed by atoms with E-state index in [1.807, 2.05) is 18.2 Å². The molecule has 1 amide bonds. The summed E-state index contributed by atoms with van der Waals surface area (Å²) in [6.45, 7) is 3.98. The first-order valence-corrected chi connectivity index (χ1v) is 7.82. The Morgan fingerprint density at radius 2 is 2.09 bits per heavy atom. The minimum Gasteiger partial charge on any atom is -0.490 e. The number of ether oxygens (including phenoxy) is 1. The van der Waals surface area contributed by atoms with E-state index in [1.54, 1.807) is 0 Å². The second kappa shape index (κ2) is 6.53. The van der Waals surface area contributed by atoms with Crippen molar-refractivity contribution in [1.29, 1.82) is 0 Å². The van der Waals surface area contributed by atoms with Crippen LogP contribution in [0.4, 0.5) is 16.2 Å². The third kappa shape index (κ3) is 3.33. The van der Waals surface area contributed by atoms with Gasteiger partial charge < -0.3 is 25.4 Å². The normalized spacial score (nSPS) is 21.0. The lowest BCUT2D eigenvalue weighted by Crippen LogP contribution is -2.49. The Morgan fingerprint density at radius 3 is 2.82 bits per heavy atom. The van der Waals surface area contributed by atoms with Crippen LogP contribution in [-0.4, -0.2) is 65.8 Å². The summed E-state index contributed by atoms with van der Waals surface area (Å²) in [5.41, 5.74) is 1.84. The third-order valence-electron chi connectivity index (χ3n) is 3.91. The van der Waals surface area contributed by atoms with Gasteiger partial charge in [-0.25, -0.2) is 4.79 Å². The highest BCUT2D eigenvalue weighted by Crippen LogP contribution is 2.38. The summed E-state index contributed by atoms with van der Waals surface area (Å²) in [5.74, 6) is 0.811. The number of nitrogens with one attached hydrogen (secondary N) is 2. The Hall–Kier alpha value is -1.80. The standard InChI is InChI=1S/C14H20N4O3S/c19-14(20)18-6-4-17(5-7-18)8-9-21-11-3-1-2-10-12(11)16-13(22)15-10/h1-3,13,15-16,22H,4-9H2,(H,19,20). The zero-order valence-electron chi connectivity index (χ0n) is 12.2. The number of hydrogen-bond acceptors (Lipinski definition) is 6. The van der Waals surface area contributed by atoms with Crippen molar-refractivity contribution in [3.63, 3.8) is 0 Å². The number of hydrogen-bond donors (Lipinski definition) is 4. The van der Waals surface area contributed by atoms with Crippen LogP contribution in [0.2, 0.25) is 0 Å². The van der Waals surface area contributed by atoms with Crippen molar-refractivity contribution in [3.05, 3.63) is 18.2 Å².